The SMILES string of the molecule is CC(C)(C)c1ccc(C(=O)Nc2cccc(NC(=O)CCCN(c3ccc(F)cc3)S(C)(=O)=O)c2)cc1. The van der Waals surface area contributed by atoms with E-state index in [0.717, 1.165) is 16.1 Å². The van der Waals surface area contributed by atoms with E-state index in [-0.39, 0.29) is 36.6 Å². The molecule has 0 unspecified atom stereocenters. The highest BCUT2D eigenvalue weighted by molar-refractivity contribution is 7.92. The van der Waals surface area contributed by atoms with Crippen molar-refractivity contribution < 1.29 is 22.4 Å². The zero-order valence-corrected chi connectivity index (χ0v) is 22.2. The summed E-state index contributed by atoms with van der Waals surface area (Å²) in [5.41, 5.74) is 3.02. The number of hydrogen-bond donors (Lipinski definition) is 2. The van der Waals surface area contributed by atoms with E-state index in [1.165, 1.54) is 24.3 Å². The molecule has 0 atom stereocenters. The number of carbonyl (C=O) groups is 2. The number of carbonyl (C=O) groups excluding carboxylic acids is 2. The molecule has 0 fully saturated rings. The van der Waals surface area contributed by atoms with E-state index in [2.05, 4.69) is 31.4 Å². The molecular formula is C28H32FN3O4S. The van der Waals surface area contributed by atoms with E-state index in [1.807, 2.05) is 12.1 Å². The van der Waals surface area contributed by atoms with Gasteiger partial charge in [0.15, 0.2) is 0 Å². The predicted octanol–water partition coefficient (Wildman–Crippen LogP) is 5.56. The Labute approximate surface area is 217 Å². The summed E-state index contributed by atoms with van der Waals surface area (Å²) in [5, 5.41) is 5.61. The highest BCUT2D eigenvalue weighted by atomic mass is 32.2. The van der Waals surface area contributed by atoms with Crippen LogP contribution in [0.3, 0.4) is 0 Å². The second kappa shape index (κ2) is 11.6. The van der Waals surface area contributed by atoms with E-state index in [4.69, 9.17) is 0 Å². The number of anilines is 3. The standard InChI is InChI=1S/C28H32FN3O4S/c1-28(2,3)21-12-10-20(11-13-21)27(34)31-24-8-5-7-23(19-24)30-26(33)9-6-18-32(37(4,35)36)25-16-14-22(29)15-17-25/h5,7-8,10-17,19H,6,9,18H2,1-4H3,(H,30,33)(H,31,34). The van der Waals surface area contributed by atoms with Crippen molar-refractivity contribution >= 4 is 38.9 Å². The fourth-order valence-corrected chi connectivity index (χ4v) is 4.67. The predicted molar refractivity (Wildman–Crippen MR) is 146 cm³/mol. The largest absolute Gasteiger partial charge is 0.326 e. The van der Waals surface area contributed by atoms with Crippen molar-refractivity contribution in [3.63, 3.8) is 0 Å². The Morgan fingerprint density at radius 1 is 0.892 bits per heavy atom. The molecule has 0 saturated heterocycles. The summed E-state index contributed by atoms with van der Waals surface area (Å²) in [7, 11) is -3.60. The first-order valence-corrected chi connectivity index (χ1v) is 13.7. The molecule has 37 heavy (non-hydrogen) atoms. The van der Waals surface area contributed by atoms with Gasteiger partial charge in [0.25, 0.3) is 5.91 Å². The van der Waals surface area contributed by atoms with Gasteiger partial charge in [-0.05, 0) is 72.0 Å². The van der Waals surface area contributed by atoms with E-state index in [1.54, 1.807) is 36.4 Å². The average Bonchev–Trinajstić information content (AvgIpc) is 2.81. The van der Waals surface area contributed by atoms with Crippen LogP contribution in [-0.2, 0) is 20.2 Å². The molecule has 3 aromatic carbocycles. The number of hydrogen-bond acceptors (Lipinski definition) is 4. The van der Waals surface area contributed by atoms with Crippen LogP contribution in [0.4, 0.5) is 21.5 Å². The van der Waals surface area contributed by atoms with Crippen molar-refractivity contribution in [2.75, 3.05) is 27.7 Å². The molecule has 0 saturated carbocycles. The van der Waals surface area contributed by atoms with Gasteiger partial charge in [-0.1, -0.05) is 39.0 Å². The zero-order valence-electron chi connectivity index (χ0n) is 21.4. The number of amides is 2. The second-order valence-corrected chi connectivity index (χ2v) is 11.7. The first kappa shape index (κ1) is 27.9. The zero-order chi connectivity index (χ0) is 27.2. The van der Waals surface area contributed by atoms with Crippen LogP contribution in [-0.4, -0.2) is 33.0 Å². The molecule has 3 aromatic rings. The number of rotatable bonds is 9. The molecule has 196 valence electrons. The Balaban J connectivity index is 1.56. The van der Waals surface area contributed by atoms with Gasteiger partial charge >= 0.3 is 0 Å². The molecule has 9 heteroatoms. The summed E-state index contributed by atoms with van der Waals surface area (Å²) in [6, 6.07) is 19.4. The summed E-state index contributed by atoms with van der Waals surface area (Å²) in [6.45, 7) is 6.39. The van der Waals surface area contributed by atoms with Crippen LogP contribution in [0.2, 0.25) is 0 Å². The third-order valence-electron chi connectivity index (χ3n) is 5.70. The molecule has 0 heterocycles. The molecule has 0 aliphatic heterocycles. The molecule has 2 amide bonds. The lowest BCUT2D eigenvalue weighted by Gasteiger charge is -2.22. The van der Waals surface area contributed by atoms with E-state index >= 15 is 0 Å². The van der Waals surface area contributed by atoms with Crippen LogP contribution in [0.5, 0.6) is 0 Å². The lowest BCUT2D eigenvalue weighted by molar-refractivity contribution is -0.116. The van der Waals surface area contributed by atoms with Crippen LogP contribution >= 0.6 is 0 Å². The number of sulfonamides is 1. The van der Waals surface area contributed by atoms with Crippen molar-refractivity contribution in [3.05, 3.63) is 89.7 Å². The Morgan fingerprint density at radius 3 is 2.05 bits per heavy atom. The van der Waals surface area contributed by atoms with Gasteiger partial charge in [-0.2, -0.15) is 0 Å². The van der Waals surface area contributed by atoms with Crippen LogP contribution in [0.15, 0.2) is 72.8 Å². The van der Waals surface area contributed by atoms with Gasteiger partial charge in [0, 0.05) is 29.9 Å². The van der Waals surface area contributed by atoms with Gasteiger partial charge in [0.2, 0.25) is 15.9 Å². The molecule has 2 N–H and O–H groups in total. The van der Waals surface area contributed by atoms with Gasteiger partial charge in [0.1, 0.15) is 5.82 Å². The Morgan fingerprint density at radius 2 is 1.49 bits per heavy atom. The van der Waals surface area contributed by atoms with Crippen LogP contribution in [0.1, 0.15) is 49.5 Å². The second-order valence-electron chi connectivity index (χ2n) is 9.83. The van der Waals surface area contributed by atoms with Crippen LogP contribution in [0, 0.1) is 5.82 Å². The summed E-state index contributed by atoms with van der Waals surface area (Å²) in [4.78, 5) is 25.1. The first-order chi connectivity index (χ1) is 17.3. The molecular weight excluding hydrogens is 493 g/mol. The monoisotopic (exact) mass is 525 g/mol. The van der Waals surface area contributed by atoms with Crippen molar-refractivity contribution in [1.29, 1.82) is 0 Å². The van der Waals surface area contributed by atoms with Crippen molar-refractivity contribution in [1.82, 2.24) is 0 Å². The molecule has 7 nitrogen and oxygen atoms in total. The Bertz CT molecular complexity index is 1350. The first-order valence-electron chi connectivity index (χ1n) is 11.9. The summed E-state index contributed by atoms with van der Waals surface area (Å²) in [5.74, 6) is -1.02. The number of nitrogens with zero attached hydrogens (tertiary/aromatic N) is 1. The van der Waals surface area contributed by atoms with E-state index in [0.29, 0.717) is 22.6 Å². The normalized spacial score (nSPS) is 11.6. The highest BCUT2D eigenvalue weighted by Crippen LogP contribution is 2.23. The maximum Gasteiger partial charge on any atom is 0.255 e. The van der Waals surface area contributed by atoms with E-state index in [9.17, 15) is 22.4 Å². The third kappa shape index (κ3) is 8.15. The average molecular weight is 526 g/mol. The lowest BCUT2D eigenvalue weighted by atomic mass is 9.87. The van der Waals surface area contributed by atoms with Gasteiger partial charge in [-0.15, -0.1) is 0 Å². The minimum absolute atomic E-state index is 0.00835. The molecule has 0 radical (unpaired) electrons. The highest BCUT2D eigenvalue weighted by Gasteiger charge is 2.18. The summed E-state index contributed by atoms with van der Waals surface area (Å²) < 4.78 is 38.7. The van der Waals surface area contributed by atoms with Gasteiger partial charge in [-0.3, -0.25) is 13.9 Å². The minimum Gasteiger partial charge on any atom is -0.326 e. The van der Waals surface area contributed by atoms with Crippen molar-refractivity contribution in [2.45, 2.75) is 39.0 Å². The maximum absolute atomic E-state index is 13.2. The van der Waals surface area contributed by atoms with Gasteiger partial charge in [0.05, 0.1) is 11.9 Å². The molecule has 0 aliphatic rings. The van der Waals surface area contributed by atoms with Crippen molar-refractivity contribution in [3.8, 4) is 0 Å². The number of halogens is 1. The van der Waals surface area contributed by atoms with Crippen LogP contribution < -0.4 is 14.9 Å². The maximum atomic E-state index is 13.2. The molecule has 0 spiro atoms. The summed E-state index contributed by atoms with van der Waals surface area (Å²) in [6.07, 6.45) is 1.40. The minimum atomic E-state index is -3.60. The molecule has 0 aromatic heterocycles. The molecule has 0 aliphatic carbocycles. The Hall–Kier alpha value is -3.72. The smallest absolute Gasteiger partial charge is 0.255 e. The Kier molecular flexibility index (Phi) is 8.70. The summed E-state index contributed by atoms with van der Waals surface area (Å²) >= 11 is 0. The van der Waals surface area contributed by atoms with Crippen LogP contribution in [0.25, 0.3) is 0 Å². The van der Waals surface area contributed by atoms with Gasteiger partial charge in [-0.25, -0.2) is 12.8 Å². The number of benzene rings is 3. The quantitative estimate of drug-likeness (QED) is 0.382. The molecule has 0 bridgehead atoms. The van der Waals surface area contributed by atoms with Crippen molar-refractivity contribution in [2.24, 2.45) is 0 Å². The van der Waals surface area contributed by atoms with Gasteiger partial charge < -0.3 is 10.6 Å². The van der Waals surface area contributed by atoms with E-state index < -0.39 is 15.8 Å². The fourth-order valence-electron chi connectivity index (χ4n) is 3.70. The topological polar surface area (TPSA) is 95.6 Å². The number of nitrogens with one attached hydrogen (secondary N) is 2. The molecule has 3 rings (SSSR count). The third-order valence-corrected chi connectivity index (χ3v) is 6.89. The lowest BCUT2D eigenvalue weighted by Crippen LogP contribution is -2.31. The fraction of sp³-hybridized carbons (Fsp3) is 0.286.